The molecule has 0 unspecified atom stereocenters. The Morgan fingerprint density at radius 2 is 1.55 bits per heavy atom. The summed E-state index contributed by atoms with van der Waals surface area (Å²) in [5.41, 5.74) is 0.599. The highest BCUT2D eigenvalue weighted by molar-refractivity contribution is 7.89. The van der Waals surface area contributed by atoms with Gasteiger partial charge in [0.1, 0.15) is 0 Å². The van der Waals surface area contributed by atoms with Gasteiger partial charge in [0, 0.05) is 25.0 Å². The summed E-state index contributed by atoms with van der Waals surface area (Å²) >= 11 is 0. The number of hydrogen-bond acceptors (Lipinski definition) is 4. The van der Waals surface area contributed by atoms with E-state index < -0.39 is 10.0 Å². The average Bonchev–Trinajstić information content (AvgIpc) is 2.57. The van der Waals surface area contributed by atoms with Crippen molar-refractivity contribution in [1.29, 1.82) is 0 Å². The number of nitrogens with one attached hydrogen (secondary N) is 2. The van der Waals surface area contributed by atoms with Crippen molar-refractivity contribution in [2.45, 2.75) is 70.7 Å². The van der Waals surface area contributed by atoms with Crippen LogP contribution in [0.15, 0.2) is 29.2 Å². The van der Waals surface area contributed by atoms with Gasteiger partial charge in [-0.05, 0) is 50.8 Å². The molecule has 8 heteroatoms. The maximum Gasteiger partial charge on any atom is 0.240 e. The molecule has 0 fully saturated rings. The van der Waals surface area contributed by atoms with Crippen molar-refractivity contribution in [3.63, 3.8) is 0 Å². The second-order valence-electron chi connectivity index (χ2n) is 9.13. The van der Waals surface area contributed by atoms with Crippen LogP contribution in [0, 0.1) is 0 Å². The van der Waals surface area contributed by atoms with E-state index in [4.69, 9.17) is 0 Å². The summed E-state index contributed by atoms with van der Waals surface area (Å²) in [6, 6.07) is 6.73. The lowest BCUT2D eigenvalue weighted by Gasteiger charge is -2.25. The molecule has 2 N–H and O–H groups in total. The van der Waals surface area contributed by atoms with E-state index in [0.29, 0.717) is 6.54 Å². The Bertz CT molecular complexity index is 804. The molecule has 1 aromatic rings. The van der Waals surface area contributed by atoms with Crippen LogP contribution in [0.4, 0.5) is 0 Å². The molecule has 0 heterocycles. The highest BCUT2D eigenvalue weighted by Crippen LogP contribution is 2.23. The van der Waals surface area contributed by atoms with E-state index in [9.17, 15) is 18.0 Å². The van der Waals surface area contributed by atoms with Gasteiger partial charge in [0.2, 0.25) is 21.8 Å². The number of hydrogen-bond donors (Lipinski definition) is 2. The van der Waals surface area contributed by atoms with Crippen molar-refractivity contribution in [2.24, 2.45) is 0 Å². The summed E-state index contributed by atoms with van der Waals surface area (Å²) in [6.07, 6.45) is -0.0179. The minimum absolute atomic E-state index is 0.0179. The molecule has 1 aromatic carbocycles. The second kappa shape index (κ2) is 9.71. The van der Waals surface area contributed by atoms with Gasteiger partial charge < -0.3 is 10.2 Å². The van der Waals surface area contributed by atoms with Gasteiger partial charge in [-0.25, -0.2) is 13.1 Å². The summed E-state index contributed by atoms with van der Waals surface area (Å²) in [5, 5.41) is 2.81. The van der Waals surface area contributed by atoms with Crippen molar-refractivity contribution in [1.82, 2.24) is 14.9 Å². The Kier molecular flexibility index (Phi) is 8.41. The minimum Gasteiger partial charge on any atom is -0.350 e. The zero-order valence-corrected chi connectivity index (χ0v) is 19.4. The summed E-state index contributed by atoms with van der Waals surface area (Å²) in [5.74, 6) is -0.519. The molecule has 0 saturated carbocycles. The number of rotatable bonds is 8. The Labute approximate surface area is 175 Å². The van der Waals surface area contributed by atoms with Gasteiger partial charge in [-0.2, -0.15) is 0 Å². The first-order valence-electron chi connectivity index (χ1n) is 9.85. The lowest BCUT2D eigenvalue weighted by atomic mass is 9.87. The third-order valence-corrected chi connectivity index (χ3v) is 5.72. The predicted octanol–water partition coefficient (Wildman–Crippen LogP) is 2.42. The molecular weight excluding hydrogens is 390 g/mol. The lowest BCUT2D eigenvalue weighted by molar-refractivity contribution is -0.136. The van der Waals surface area contributed by atoms with Gasteiger partial charge in [0.15, 0.2) is 0 Å². The SMILES string of the molecule is CCN(CC(=O)NC(C)(C)C)C(=O)CCNS(=O)(=O)c1ccc(C(C)(C)C)cc1. The van der Waals surface area contributed by atoms with Crippen molar-refractivity contribution in [3.05, 3.63) is 29.8 Å². The normalized spacial score (nSPS) is 12.5. The number of nitrogens with zero attached hydrogens (tertiary/aromatic N) is 1. The molecule has 0 bridgehead atoms. The summed E-state index contributed by atoms with van der Waals surface area (Å²) < 4.78 is 27.4. The van der Waals surface area contributed by atoms with Crippen LogP contribution in [0.3, 0.4) is 0 Å². The molecule has 29 heavy (non-hydrogen) atoms. The van der Waals surface area contributed by atoms with E-state index in [-0.39, 0.29) is 47.2 Å². The van der Waals surface area contributed by atoms with Gasteiger partial charge in [0.25, 0.3) is 0 Å². The summed E-state index contributed by atoms with van der Waals surface area (Å²) in [4.78, 5) is 26.0. The largest absolute Gasteiger partial charge is 0.350 e. The van der Waals surface area contributed by atoms with Crippen LogP contribution in [0.25, 0.3) is 0 Å². The van der Waals surface area contributed by atoms with Crippen LogP contribution in [0.2, 0.25) is 0 Å². The lowest BCUT2D eigenvalue weighted by Crippen LogP contribution is -2.47. The van der Waals surface area contributed by atoms with Crippen molar-refractivity contribution >= 4 is 21.8 Å². The van der Waals surface area contributed by atoms with Gasteiger partial charge in [-0.1, -0.05) is 32.9 Å². The molecule has 164 valence electrons. The molecule has 0 spiro atoms. The fourth-order valence-electron chi connectivity index (χ4n) is 2.68. The number of carbonyl (C=O) groups excluding carboxylic acids is 2. The first kappa shape index (κ1) is 25.1. The molecule has 0 saturated heterocycles. The smallest absolute Gasteiger partial charge is 0.240 e. The summed E-state index contributed by atoms with van der Waals surface area (Å²) in [7, 11) is -3.70. The molecular formula is C21H35N3O4S. The molecule has 2 amide bonds. The van der Waals surface area contributed by atoms with Crippen LogP contribution in [-0.2, 0) is 25.0 Å². The molecule has 7 nitrogen and oxygen atoms in total. The predicted molar refractivity (Wildman–Crippen MR) is 115 cm³/mol. The Morgan fingerprint density at radius 1 is 1.00 bits per heavy atom. The van der Waals surface area contributed by atoms with Crippen molar-refractivity contribution in [3.8, 4) is 0 Å². The third-order valence-electron chi connectivity index (χ3n) is 4.24. The number of carbonyl (C=O) groups is 2. The number of likely N-dealkylation sites (N-methyl/N-ethyl adjacent to an activating group) is 1. The van der Waals surface area contributed by atoms with Gasteiger partial charge >= 0.3 is 0 Å². The molecule has 0 radical (unpaired) electrons. The van der Waals surface area contributed by atoms with E-state index in [1.54, 1.807) is 31.2 Å². The van der Waals surface area contributed by atoms with E-state index >= 15 is 0 Å². The van der Waals surface area contributed by atoms with E-state index in [1.165, 1.54) is 4.90 Å². The monoisotopic (exact) mass is 425 g/mol. The first-order valence-corrected chi connectivity index (χ1v) is 11.3. The van der Waals surface area contributed by atoms with E-state index in [0.717, 1.165) is 5.56 Å². The zero-order chi connectivity index (χ0) is 22.5. The number of benzene rings is 1. The third kappa shape index (κ3) is 8.53. The quantitative estimate of drug-likeness (QED) is 0.669. The van der Waals surface area contributed by atoms with Crippen LogP contribution in [0.5, 0.6) is 0 Å². The molecule has 0 aliphatic heterocycles. The van der Waals surface area contributed by atoms with Crippen LogP contribution in [0.1, 0.15) is 60.5 Å². The molecule has 0 atom stereocenters. The van der Waals surface area contributed by atoms with Crippen molar-refractivity contribution < 1.29 is 18.0 Å². The highest BCUT2D eigenvalue weighted by Gasteiger charge is 2.21. The van der Waals surface area contributed by atoms with Gasteiger partial charge in [-0.15, -0.1) is 0 Å². The molecule has 1 rings (SSSR count). The fourth-order valence-corrected chi connectivity index (χ4v) is 3.71. The maximum absolute atomic E-state index is 12.4. The summed E-state index contributed by atoms with van der Waals surface area (Å²) in [6.45, 7) is 13.8. The minimum atomic E-state index is -3.70. The second-order valence-corrected chi connectivity index (χ2v) is 10.9. The first-order chi connectivity index (χ1) is 13.2. The molecule has 0 aliphatic rings. The highest BCUT2D eigenvalue weighted by atomic mass is 32.2. The van der Waals surface area contributed by atoms with Crippen LogP contribution >= 0.6 is 0 Å². The number of sulfonamides is 1. The van der Waals surface area contributed by atoms with E-state index in [2.05, 4.69) is 30.8 Å². The fraction of sp³-hybridized carbons (Fsp3) is 0.619. The Hall–Kier alpha value is -1.93. The Balaban J connectivity index is 2.63. The molecule has 0 aliphatic carbocycles. The average molecular weight is 426 g/mol. The standard InChI is InChI=1S/C21H35N3O4S/c1-8-24(15-18(25)23-21(5,6)7)19(26)13-14-22-29(27,28)17-11-9-16(10-12-17)20(2,3)4/h9-12,22H,8,13-15H2,1-7H3,(H,23,25). The number of amides is 2. The topological polar surface area (TPSA) is 95.6 Å². The van der Waals surface area contributed by atoms with Gasteiger partial charge in [-0.3, -0.25) is 9.59 Å². The molecule has 0 aromatic heterocycles. The van der Waals surface area contributed by atoms with Crippen LogP contribution in [-0.4, -0.2) is 50.3 Å². The van der Waals surface area contributed by atoms with Crippen molar-refractivity contribution in [2.75, 3.05) is 19.6 Å². The maximum atomic E-state index is 12.4. The van der Waals surface area contributed by atoms with Crippen LogP contribution < -0.4 is 10.0 Å². The van der Waals surface area contributed by atoms with Gasteiger partial charge in [0.05, 0.1) is 11.4 Å². The Morgan fingerprint density at radius 3 is 2.00 bits per heavy atom. The van der Waals surface area contributed by atoms with E-state index in [1.807, 2.05) is 20.8 Å². The zero-order valence-electron chi connectivity index (χ0n) is 18.6.